The summed E-state index contributed by atoms with van der Waals surface area (Å²) in [6, 6.07) is 6.63. The van der Waals surface area contributed by atoms with Crippen LogP contribution >= 0.6 is 11.6 Å². The van der Waals surface area contributed by atoms with Gasteiger partial charge in [-0.15, -0.1) is 0 Å². The first kappa shape index (κ1) is 15.7. The summed E-state index contributed by atoms with van der Waals surface area (Å²) >= 11 is 5.71. The highest BCUT2D eigenvalue weighted by Crippen LogP contribution is 2.15. The molecule has 0 saturated carbocycles. The number of hydrogen-bond donors (Lipinski definition) is 1. The first-order chi connectivity index (χ1) is 8.81. The summed E-state index contributed by atoms with van der Waals surface area (Å²) in [7, 11) is -2.48. The molecule has 0 fully saturated rings. The van der Waals surface area contributed by atoms with Crippen LogP contribution in [-0.4, -0.2) is 49.8 Å². The van der Waals surface area contributed by atoms with E-state index < -0.39 is 21.7 Å². The van der Waals surface area contributed by atoms with Crippen LogP contribution in [0.5, 0.6) is 5.75 Å². The largest absolute Gasteiger partial charge is 0.492 e. The minimum absolute atomic E-state index is 0.0677. The molecule has 1 N–H and O–H groups in total. The third-order valence-corrected chi connectivity index (χ3v) is 4.27. The smallest absolute Gasteiger partial charge is 0.320 e. The van der Waals surface area contributed by atoms with E-state index in [0.29, 0.717) is 10.8 Å². The highest BCUT2D eigenvalue weighted by atomic mass is 35.5. The van der Waals surface area contributed by atoms with Gasteiger partial charge in [-0.2, -0.15) is 0 Å². The third kappa shape index (κ3) is 5.46. The van der Waals surface area contributed by atoms with Crippen LogP contribution in [-0.2, 0) is 14.8 Å². The quantitative estimate of drug-likeness (QED) is 0.814. The number of aliphatic carboxylic acids is 1. The highest BCUT2D eigenvalue weighted by molar-refractivity contribution is 7.89. The number of carboxylic acid groups (broad SMARTS) is 1. The minimum atomic E-state index is -3.79. The number of halogens is 1. The second-order valence-corrected chi connectivity index (χ2v) is 6.29. The van der Waals surface area contributed by atoms with Crippen molar-refractivity contribution in [2.75, 3.05) is 26.0 Å². The Morgan fingerprint density at radius 1 is 1.37 bits per heavy atom. The molecule has 1 rings (SSSR count). The number of carboxylic acids is 1. The Balaban J connectivity index is 2.44. The van der Waals surface area contributed by atoms with E-state index in [0.717, 1.165) is 4.31 Å². The Bertz CT molecular complexity index is 529. The molecule has 8 heteroatoms. The zero-order valence-corrected chi connectivity index (χ0v) is 11.8. The Labute approximate surface area is 116 Å². The number of rotatable bonds is 7. The Hall–Kier alpha value is -1.31. The van der Waals surface area contributed by atoms with Crippen molar-refractivity contribution in [1.29, 1.82) is 0 Å². The van der Waals surface area contributed by atoms with Crippen LogP contribution in [0.15, 0.2) is 24.3 Å². The first-order valence-electron chi connectivity index (χ1n) is 5.35. The molecule has 0 heterocycles. The number of carbonyl (C=O) groups is 1. The third-order valence-electron chi connectivity index (χ3n) is 2.27. The van der Waals surface area contributed by atoms with Gasteiger partial charge in [0.05, 0.1) is 0 Å². The fraction of sp³-hybridized carbons (Fsp3) is 0.364. The molecule has 0 amide bonds. The van der Waals surface area contributed by atoms with Crippen LogP contribution in [0.4, 0.5) is 0 Å². The van der Waals surface area contributed by atoms with Gasteiger partial charge in [0, 0.05) is 18.6 Å². The zero-order valence-electron chi connectivity index (χ0n) is 10.2. The molecule has 0 bridgehead atoms. The van der Waals surface area contributed by atoms with Crippen molar-refractivity contribution in [2.24, 2.45) is 0 Å². The fourth-order valence-electron chi connectivity index (χ4n) is 1.23. The second kappa shape index (κ2) is 6.74. The van der Waals surface area contributed by atoms with Crippen molar-refractivity contribution >= 4 is 27.6 Å². The lowest BCUT2D eigenvalue weighted by Gasteiger charge is -2.16. The summed E-state index contributed by atoms with van der Waals surface area (Å²) in [6.07, 6.45) is 0. The van der Waals surface area contributed by atoms with Crippen molar-refractivity contribution in [3.05, 3.63) is 29.3 Å². The maximum atomic E-state index is 11.5. The SMILES string of the molecule is CN(CCOc1ccc(Cl)cc1)S(=O)(=O)CC(=O)O. The summed E-state index contributed by atoms with van der Waals surface area (Å²) in [6.45, 7) is 0.190. The molecule has 0 saturated heterocycles. The van der Waals surface area contributed by atoms with Crippen LogP contribution in [0.25, 0.3) is 0 Å². The lowest BCUT2D eigenvalue weighted by atomic mass is 10.3. The van der Waals surface area contributed by atoms with E-state index in [4.69, 9.17) is 21.4 Å². The van der Waals surface area contributed by atoms with E-state index in [1.807, 2.05) is 0 Å². The monoisotopic (exact) mass is 307 g/mol. The average molecular weight is 308 g/mol. The molecule has 1 aromatic carbocycles. The van der Waals surface area contributed by atoms with E-state index in [1.54, 1.807) is 24.3 Å². The highest BCUT2D eigenvalue weighted by Gasteiger charge is 2.21. The van der Waals surface area contributed by atoms with Gasteiger partial charge in [-0.25, -0.2) is 12.7 Å². The molecule has 0 unspecified atom stereocenters. The molecule has 0 aromatic heterocycles. The van der Waals surface area contributed by atoms with Crippen LogP contribution in [0, 0.1) is 0 Å². The normalized spacial score (nSPS) is 11.5. The molecule has 0 radical (unpaired) electrons. The van der Waals surface area contributed by atoms with E-state index in [1.165, 1.54) is 7.05 Å². The van der Waals surface area contributed by atoms with E-state index in [9.17, 15) is 13.2 Å². The van der Waals surface area contributed by atoms with Crippen molar-refractivity contribution in [3.8, 4) is 5.75 Å². The van der Waals surface area contributed by atoms with Gasteiger partial charge in [-0.3, -0.25) is 4.79 Å². The predicted octanol–water partition coefficient (Wildman–Crippen LogP) is 1.06. The summed E-state index contributed by atoms with van der Waals surface area (Å²) < 4.78 is 29.3. The van der Waals surface area contributed by atoms with Crippen LogP contribution in [0.1, 0.15) is 0 Å². The van der Waals surface area contributed by atoms with Gasteiger partial charge in [0.25, 0.3) is 0 Å². The Morgan fingerprint density at radius 3 is 2.47 bits per heavy atom. The van der Waals surface area contributed by atoms with Crippen LogP contribution in [0.3, 0.4) is 0 Å². The van der Waals surface area contributed by atoms with Crippen molar-refractivity contribution in [2.45, 2.75) is 0 Å². The topological polar surface area (TPSA) is 83.9 Å². The standard InChI is InChI=1S/C11H14ClNO5S/c1-13(19(16,17)8-11(14)15)6-7-18-10-4-2-9(12)3-5-10/h2-5H,6-8H2,1H3,(H,14,15). The molecule has 0 aliphatic heterocycles. The summed E-state index contributed by atoms with van der Waals surface area (Å²) in [5.74, 6) is -1.75. The lowest BCUT2D eigenvalue weighted by molar-refractivity contribution is -0.134. The van der Waals surface area contributed by atoms with Gasteiger partial charge in [-0.1, -0.05) is 11.6 Å². The number of sulfonamides is 1. The van der Waals surface area contributed by atoms with Gasteiger partial charge >= 0.3 is 5.97 Å². The van der Waals surface area contributed by atoms with E-state index in [-0.39, 0.29) is 13.2 Å². The van der Waals surface area contributed by atoms with Crippen LogP contribution in [0.2, 0.25) is 5.02 Å². The van der Waals surface area contributed by atoms with Crippen molar-refractivity contribution in [1.82, 2.24) is 4.31 Å². The predicted molar refractivity (Wildman–Crippen MR) is 71.0 cm³/mol. The molecular formula is C11H14ClNO5S. The number of ether oxygens (including phenoxy) is 1. The molecule has 106 valence electrons. The van der Waals surface area contributed by atoms with E-state index in [2.05, 4.69) is 0 Å². The first-order valence-corrected chi connectivity index (χ1v) is 7.34. The summed E-state index contributed by atoms with van der Waals surface area (Å²) in [4.78, 5) is 10.4. The Kier molecular flexibility index (Phi) is 5.59. The Morgan fingerprint density at radius 2 is 1.95 bits per heavy atom. The molecule has 0 aliphatic rings. The van der Waals surface area contributed by atoms with Gasteiger partial charge < -0.3 is 9.84 Å². The van der Waals surface area contributed by atoms with Gasteiger partial charge in [0.1, 0.15) is 12.4 Å². The molecule has 19 heavy (non-hydrogen) atoms. The van der Waals surface area contributed by atoms with Crippen molar-refractivity contribution in [3.63, 3.8) is 0 Å². The molecular weight excluding hydrogens is 294 g/mol. The summed E-state index contributed by atoms with van der Waals surface area (Å²) in [5.41, 5.74) is 0. The molecule has 0 aliphatic carbocycles. The number of benzene rings is 1. The molecule has 1 aromatic rings. The van der Waals surface area contributed by atoms with Crippen molar-refractivity contribution < 1.29 is 23.1 Å². The van der Waals surface area contributed by atoms with Crippen LogP contribution < -0.4 is 4.74 Å². The molecule has 6 nitrogen and oxygen atoms in total. The van der Waals surface area contributed by atoms with Gasteiger partial charge in [-0.05, 0) is 24.3 Å². The van der Waals surface area contributed by atoms with Gasteiger partial charge in [0.15, 0.2) is 5.75 Å². The number of likely N-dealkylation sites (N-methyl/N-ethyl adjacent to an activating group) is 1. The summed E-state index contributed by atoms with van der Waals surface area (Å²) in [5, 5.41) is 9.06. The van der Waals surface area contributed by atoms with E-state index >= 15 is 0 Å². The minimum Gasteiger partial charge on any atom is -0.492 e. The fourth-order valence-corrected chi connectivity index (χ4v) is 2.24. The number of hydrogen-bond acceptors (Lipinski definition) is 4. The van der Waals surface area contributed by atoms with Gasteiger partial charge in [0.2, 0.25) is 10.0 Å². The lowest BCUT2D eigenvalue weighted by Crippen LogP contribution is -2.35. The maximum Gasteiger partial charge on any atom is 0.320 e. The molecule has 0 atom stereocenters. The maximum absolute atomic E-state index is 11.5. The zero-order chi connectivity index (χ0) is 14.5. The average Bonchev–Trinajstić information content (AvgIpc) is 2.30. The number of nitrogens with zero attached hydrogens (tertiary/aromatic N) is 1. The second-order valence-electron chi connectivity index (χ2n) is 3.77. The molecule has 0 spiro atoms.